The van der Waals surface area contributed by atoms with Gasteiger partial charge in [-0.3, -0.25) is 9.47 Å². The maximum atomic E-state index is 5.13. The summed E-state index contributed by atoms with van der Waals surface area (Å²) in [5, 5.41) is 7.12. The molecule has 0 aromatic carbocycles. The quantitative estimate of drug-likeness (QED) is 0.825. The van der Waals surface area contributed by atoms with Gasteiger partial charge in [-0.15, -0.1) is 5.10 Å². The van der Waals surface area contributed by atoms with E-state index in [0.29, 0.717) is 4.77 Å². The summed E-state index contributed by atoms with van der Waals surface area (Å²) in [6, 6.07) is 0. The van der Waals surface area contributed by atoms with Crippen molar-refractivity contribution in [2.24, 2.45) is 13.0 Å². The number of nitrogens with zero attached hydrogens (tertiary/aromatic N) is 4. The van der Waals surface area contributed by atoms with Gasteiger partial charge >= 0.3 is 0 Å². The molecule has 0 unspecified atom stereocenters. The predicted molar refractivity (Wildman–Crippen MR) is 71.9 cm³/mol. The molecule has 1 aliphatic heterocycles. The fourth-order valence-corrected chi connectivity index (χ4v) is 2.40. The van der Waals surface area contributed by atoms with E-state index in [2.05, 4.69) is 33.8 Å². The standard InChI is InChI=1S/C11H21N5S/c1-9(2)8-15-4-6-16(7-5-15)10-12-13-11(17)14(10)3/h9H,4-8H2,1-3H3,(H,13,17). The lowest BCUT2D eigenvalue weighted by Gasteiger charge is -2.35. The van der Waals surface area contributed by atoms with Gasteiger partial charge in [0, 0.05) is 39.8 Å². The SMILES string of the molecule is CC(C)CN1CCN(c2n[nH]c(=S)n2C)CC1. The maximum absolute atomic E-state index is 5.13. The monoisotopic (exact) mass is 255 g/mol. The van der Waals surface area contributed by atoms with Gasteiger partial charge in [0.05, 0.1) is 0 Å². The zero-order valence-electron chi connectivity index (χ0n) is 10.8. The van der Waals surface area contributed by atoms with Crippen molar-refractivity contribution < 1.29 is 0 Å². The van der Waals surface area contributed by atoms with Crippen LogP contribution in [0.4, 0.5) is 5.95 Å². The Morgan fingerprint density at radius 3 is 2.41 bits per heavy atom. The van der Waals surface area contributed by atoms with Crippen LogP contribution in [0.25, 0.3) is 0 Å². The Labute approximate surface area is 107 Å². The molecule has 5 nitrogen and oxygen atoms in total. The van der Waals surface area contributed by atoms with Crippen LogP contribution in [0.3, 0.4) is 0 Å². The fraction of sp³-hybridized carbons (Fsp3) is 0.818. The van der Waals surface area contributed by atoms with Gasteiger partial charge < -0.3 is 4.90 Å². The molecule has 0 aliphatic carbocycles. The summed E-state index contributed by atoms with van der Waals surface area (Å²) >= 11 is 5.13. The second-order valence-corrected chi connectivity index (χ2v) is 5.46. The van der Waals surface area contributed by atoms with E-state index < -0.39 is 0 Å². The highest BCUT2D eigenvalue weighted by Crippen LogP contribution is 2.13. The molecule has 2 rings (SSSR count). The molecule has 96 valence electrons. The molecule has 0 amide bonds. The highest BCUT2D eigenvalue weighted by Gasteiger charge is 2.20. The van der Waals surface area contributed by atoms with Crippen molar-refractivity contribution in [1.29, 1.82) is 0 Å². The third-order valence-electron chi connectivity index (χ3n) is 3.13. The zero-order valence-corrected chi connectivity index (χ0v) is 11.6. The highest BCUT2D eigenvalue weighted by molar-refractivity contribution is 7.71. The molecular weight excluding hydrogens is 234 g/mol. The lowest BCUT2D eigenvalue weighted by Crippen LogP contribution is -2.48. The van der Waals surface area contributed by atoms with E-state index in [0.717, 1.165) is 38.0 Å². The topological polar surface area (TPSA) is 40.1 Å². The molecule has 17 heavy (non-hydrogen) atoms. The Hall–Kier alpha value is -0.880. The Morgan fingerprint density at radius 2 is 1.94 bits per heavy atom. The van der Waals surface area contributed by atoms with E-state index in [1.807, 2.05) is 11.6 Å². The molecule has 1 N–H and O–H groups in total. The highest BCUT2D eigenvalue weighted by atomic mass is 32.1. The summed E-state index contributed by atoms with van der Waals surface area (Å²) in [7, 11) is 1.96. The first-order valence-corrected chi connectivity index (χ1v) is 6.57. The molecule has 1 fully saturated rings. The number of anilines is 1. The van der Waals surface area contributed by atoms with Gasteiger partial charge in [0.1, 0.15) is 0 Å². The zero-order chi connectivity index (χ0) is 12.4. The van der Waals surface area contributed by atoms with Crippen LogP contribution >= 0.6 is 12.2 Å². The molecule has 1 aromatic heterocycles. The third kappa shape index (κ3) is 2.87. The Kier molecular flexibility index (Phi) is 3.83. The van der Waals surface area contributed by atoms with Gasteiger partial charge in [-0.25, -0.2) is 5.10 Å². The number of H-pyrrole nitrogens is 1. The molecule has 0 saturated carbocycles. The summed E-state index contributed by atoms with van der Waals surface area (Å²) < 4.78 is 2.62. The van der Waals surface area contributed by atoms with Gasteiger partial charge in [0.15, 0.2) is 4.77 Å². The summed E-state index contributed by atoms with van der Waals surface area (Å²) in [6.45, 7) is 10.00. The van der Waals surface area contributed by atoms with Crippen molar-refractivity contribution in [2.45, 2.75) is 13.8 Å². The van der Waals surface area contributed by atoms with Crippen LogP contribution in [0.5, 0.6) is 0 Å². The summed E-state index contributed by atoms with van der Waals surface area (Å²) in [5.74, 6) is 1.70. The van der Waals surface area contributed by atoms with Gasteiger partial charge in [-0.2, -0.15) is 0 Å². The van der Waals surface area contributed by atoms with Gasteiger partial charge in [-0.05, 0) is 18.1 Å². The Morgan fingerprint density at radius 1 is 1.29 bits per heavy atom. The predicted octanol–water partition coefficient (Wildman–Crippen LogP) is 1.26. The average Bonchev–Trinajstić information content (AvgIpc) is 2.60. The van der Waals surface area contributed by atoms with E-state index in [-0.39, 0.29) is 0 Å². The van der Waals surface area contributed by atoms with Crippen molar-refractivity contribution >= 4 is 18.2 Å². The van der Waals surface area contributed by atoms with Crippen LogP contribution in [0.2, 0.25) is 0 Å². The van der Waals surface area contributed by atoms with Gasteiger partial charge in [-0.1, -0.05) is 13.8 Å². The third-order valence-corrected chi connectivity index (χ3v) is 3.50. The van der Waals surface area contributed by atoms with Crippen LogP contribution in [-0.4, -0.2) is 52.4 Å². The molecule has 1 aliphatic rings. The van der Waals surface area contributed by atoms with E-state index in [9.17, 15) is 0 Å². The van der Waals surface area contributed by atoms with Crippen molar-refractivity contribution in [3.05, 3.63) is 4.77 Å². The van der Waals surface area contributed by atoms with Crippen LogP contribution in [0.15, 0.2) is 0 Å². The number of aromatic nitrogens is 3. The van der Waals surface area contributed by atoms with Crippen molar-refractivity contribution in [2.75, 3.05) is 37.6 Å². The minimum absolute atomic E-state index is 0.685. The van der Waals surface area contributed by atoms with Gasteiger partial charge in [0.25, 0.3) is 0 Å². The van der Waals surface area contributed by atoms with Crippen LogP contribution in [0, 0.1) is 10.7 Å². The second kappa shape index (κ2) is 5.18. The van der Waals surface area contributed by atoms with Crippen molar-refractivity contribution in [3.8, 4) is 0 Å². The first kappa shape index (κ1) is 12.6. The van der Waals surface area contributed by atoms with Crippen LogP contribution in [-0.2, 0) is 7.05 Å². The van der Waals surface area contributed by atoms with E-state index in [1.165, 1.54) is 6.54 Å². The fourth-order valence-electron chi connectivity index (χ4n) is 2.27. The second-order valence-electron chi connectivity index (χ2n) is 5.07. The molecule has 1 saturated heterocycles. The molecule has 2 heterocycles. The molecule has 1 aromatic rings. The number of nitrogens with one attached hydrogen (secondary N) is 1. The summed E-state index contributed by atoms with van der Waals surface area (Å²) in [5.41, 5.74) is 0. The molecule has 0 bridgehead atoms. The average molecular weight is 255 g/mol. The molecule has 0 radical (unpaired) electrons. The lowest BCUT2D eigenvalue weighted by atomic mass is 10.2. The number of piperazine rings is 1. The Balaban J connectivity index is 1.95. The Bertz CT molecular complexity index is 414. The van der Waals surface area contributed by atoms with Crippen molar-refractivity contribution in [3.63, 3.8) is 0 Å². The summed E-state index contributed by atoms with van der Waals surface area (Å²) in [6.07, 6.45) is 0. The minimum Gasteiger partial charge on any atom is -0.338 e. The van der Waals surface area contributed by atoms with Crippen LogP contribution in [0.1, 0.15) is 13.8 Å². The van der Waals surface area contributed by atoms with Crippen LogP contribution < -0.4 is 4.90 Å². The first-order valence-electron chi connectivity index (χ1n) is 6.16. The van der Waals surface area contributed by atoms with E-state index >= 15 is 0 Å². The lowest BCUT2D eigenvalue weighted by molar-refractivity contribution is 0.230. The molecule has 0 atom stereocenters. The van der Waals surface area contributed by atoms with Crippen molar-refractivity contribution in [1.82, 2.24) is 19.7 Å². The van der Waals surface area contributed by atoms with E-state index in [4.69, 9.17) is 12.2 Å². The smallest absolute Gasteiger partial charge is 0.225 e. The van der Waals surface area contributed by atoms with E-state index in [1.54, 1.807) is 0 Å². The van der Waals surface area contributed by atoms with Gasteiger partial charge in [0.2, 0.25) is 5.95 Å². The summed E-state index contributed by atoms with van der Waals surface area (Å²) in [4.78, 5) is 4.81. The number of aromatic amines is 1. The molecule has 0 spiro atoms. The number of hydrogen-bond acceptors (Lipinski definition) is 4. The first-order chi connectivity index (χ1) is 8.08. The molecule has 6 heteroatoms. The largest absolute Gasteiger partial charge is 0.338 e. The number of hydrogen-bond donors (Lipinski definition) is 1. The molecular formula is C11H21N5S. The minimum atomic E-state index is 0.685. The normalized spacial score (nSPS) is 18.0. The maximum Gasteiger partial charge on any atom is 0.225 e. The number of rotatable bonds is 3.